The van der Waals surface area contributed by atoms with Crippen molar-refractivity contribution in [1.82, 2.24) is 0 Å². The number of fused-ring (bicyclic) bond motifs is 1. The highest BCUT2D eigenvalue weighted by molar-refractivity contribution is 6.30. The lowest BCUT2D eigenvalue weighted by molar-refractivity contribution is 0.628. The first-order chi connectivity index (χ1) is 9.24. The van der Waals surface area contributed by atoms with Crippen LogP contribution in [-0.2, 0) is 13.0 Å². The van der Waals surface area contributed by atoms with Crippen molar-refractivity contribution < 1.29 is 4.39 Å². The van der Waals surface area contributed by atoms with Crippen LogP contribution < -0.4 is 10.6 Å². The maximum atomic E-state index is 13.3. The van der Waals surface area contributed by atoms with Crippen molar-refractivity contribution in [3.8, 4) is 0 Å². The van der Waals surface area contributed by atoms with Gasteiger partial charge in [-0.15, -0.1) is 0 Å². The van der Waals surface area contributed by atoms with Crippen molar-refractivity contribution in [3.05, 3.63) is 58.4 Å². The van der Waals surface area contributed by atoms with Crippen LogP contribution in [0.1, 0.15) is 11.1 Å². The third-order valence-corrected chi connectivity index (χ3v) is 3.64. The first-order valence-corrected chi connectivity index (χ1v) is 6.65. The number of nitrogens with one attached hydrogen (secondary N) is 2. The molecule has 2 aromatic carbocycles. The number of hydrogen-bond acceptors (Lipinski definition) is 2. The number of benzene rings is 2. The van der Waals surface area contributed by atoms with Gasteiger partial charge in [-0.05, 0) is 35.7 Å². The van der Waals surface area contributed by atoms with Crippen molar-refractivity contribution in [2.45, 2.75) is 13.0 Å². The molecule has 0 saturated heterocycles. The summed E-state index contributed by atoms with van der Waals surface area (Å²) in [5.74, 6) is -0.400. The molecular weight excluding hydrogens is 263 g/mol. The third kappa shape index (κ3) is 2.51. The van der Waals surface area contributed by atoms with E-state index in [1.807, 2.05) is 0 Å². The number of halogens is 2. The number of hydrogen-bond donors (Lipinski definition) is 2. The van der Waals surface area contributed by atoms with Crippen LogP contribution in [0, 0.1) is 5.82 Å². The van der Waals surface area contributed by atoms with Gasteiger partial charge in [0.05, 0.1) is 5.02 Å². The standard InChI is InChI=1S/C15H14ClFN2/c16-13-5-4-12(8-14(13)17)19-9-11-3-1-2-10-6-7-18-15(10)11/h1-5,8,18-19H,6-7,9H2. The molecule has 0 amide bonds. The molecule has 0 atom stereocenters. The van der Waals surface area contributed by atoms with E-state index in [0.29, 0.717) is 6.54 Å². The Bertz CT molecular complexity index is 613. The minimum absolute atomic E-state index is 0.146. The molecule has 0 aliphatic carbocycles. The highest BCUT2D eigenvalue weighted by atomic mass is 35.5. The van der Waals surface area contributed by atoms with Crippen molar-refractivity contribution >= 4 is 23.0 Å². The first-order valence-electron chi connectivity index (χ1n) is 6.27. The second-order valence-electron chi connectivity index (χ2n) is 4.61. The lowest BCUT2D eigenvalue weighted by Crippen LogP contribution is -2.03. The summed E-state index contributed by atoms with van der Waals surface area (Å²) in [6.07, 6.45) is 1.07. The zero-order valence-corrected chi connectivity index (χ0v) is 11.1. The van der Waals surface area contributed by atoms with Crippen LogP contribution in [-0.4, -0.2) is 6.54 Å². The van der Waals surface area contributed by atoms with Crippen LogP contribution in [0.15, 0.2) is 36.4 Å². The Morgan fingerprint density at radius 2 is 2.16 bits per heavy atom. The molecule has 0 unspecified atom stereocenters. The first kappa shape index (κ1) is 12.3. The van der Waals surface area contributed by atoms with Crippen molar-refractivity contribution in [2.24, 2.45) is 0 Å². The maximum Gasteiger partial charge on any atom is 0.143 e. The zero-order chi connectivity index (χ0) is 13.2. The van der Waals surface area contributed by atoms with Crippen LogP contribution in [0.3, 0.4) is 0 Å². The van der Waals surface area contributed by atoms with Gasteiger partial charge < -0.3 is 10.6 Å². The molecule has 2 N–H and O–H groups in total. The van der Waals surface area contributed by atoms with Crippen molar-refractivity contribution in [3.63, 3.8) is 0 Å². The molecule has 1 aliphatic rings. The smallest absolute Gasteiger partial charge is 0.143 e. The topological polar surface area (TPSA) is 24.1 Å². The Labute approximate surface area is 116 Å². The summed E-state index contributed by atoms with van der Waals surface area (Å²) in [5.41, 5.74) is 4.49. The fraction of sp³-hybridized carbons (Fsp3) is 0.200. The van der Waals surface area contributed by atoms with E-state index >= 15 is 0 Å². The summed E-state index contributed by atoms with van der Waals surface area (Å²) in [7, 11) is 0. The summed E-state index contributed by atoms with van der Waals surface area (Å²) in [4.78, 5) is 0. The van der Waals surface area contributed by atoms with E-state index in [0.717, 1.165) is 18.7 Å². The van der Waals surface area contributed by atoms with E-state index in [4.69, 9.17) is 11.6 Å². The molecule has 4 heteroatoms. The molecule has 0 spiro atoms. The highest BCUT2D eigenvalue weighted by Crippen LogP contribution is 2.27. The van der Waals surface area contributed by atoms with Gasteiger partial charge in [0.15, 0.2) is 0 Å². The molecule has 0 fully saturated rings. The van der Waals surface area contributed by atoms with Gasteiger partial charge in [0.2, 0.25) is 0 Å². The number of anilines is 2. The summed E-state index contributed by atoms with van der Waals surface area (Å²) >= 11 is 5.66. The summed E-state index contributed by atoms with van der Waals surface area (Å²) in [5, 5.41) is 6.76. The lowest BCUT2D eigenvalue weighted by atomic mass is 10.1. The van der Waals surface area contributed by atoms with Crippen molar-refractivity contribution in [2.75, 3.05) is 17.2 Å². The Balaban J connectivity index is 1.76. The minimum atomic E-state index is -0.400. The zero-order valence-electron chi connectivity index (χ0n) is 10.3. The van der Waals surface area contributed by atoms with Gasteiger partial charge in [0.1, 0.15) is 5.82 Å². The van der Waals surface area contributed by atoms with Crippen LogP contribution in [0.4, 0.5) is 15.8 Å². The molecule has 0 aromatic heterocycles. The average Bonchev–Trinajstić information content (AvgIpc) is 2.89. The minimum Gasteiger partial charge on any atom is -0.384 e. The molecule has 1 heterocycles. The predicted octanol–water partition coefficient (Wildman–Crippen LogP) is 4.06. The van der Waals surface area contributed by atoms with E-state index in [1.165, 1.54) is 22.9 Å². The summed E-state index contributed by atoms with van der Waals surface area (Å²) < 4.78 is 13.3. The maximum absolute atomic E-state index is 13.3. The van der Waals surface area contributed by atoms with E-state index in [2.05, 4.69) is 28.8 Å². The Morgan fingerprint density at radius 3 is 3.00 bits per heavy atom. The normalized spacial score (nSPS) is 12.9. The summed E-state index contributed by atoms with van der Waals surface area (Å²) in [6.45, 7) is 1.65. The van der Waals surface area contributed by atoms with E-state index in [-0.39, 0.29) is 5.02 Å². The van der Waals surface area contributed by atoms with Crippen LogP contribution in [0.25, 0.3) is 0 Å². The van der Waals surface area contributed by atoms with Gasteiger partial charge in [-0.25, -0.2) is 4.39 Å². The Hall–Kier alpha value is -1.74. The van der Waals surface area contributed by atoms with Crippen LogP contribution >= 0.6 is 11.6 Å². The molecular formula is C15H14ClFN2. The molecule has 0 saturated carbocycles. The van der Waals surface area contributed by atoms with Gasteiger partial charge in [0, 0.05) is 24.5 Å². The van der Waals surface area contributed by atoms with Crippen LogP contribution in [0.2, 0.25) is 5.02 Å². The Kier molecular flexibility index (Phi) is 3.30. The monoisotopic (exact) mass is 276 g/mol. The summed E-state index contributed by atoms with van der Waals surface area (Å²) in [6, 6.07) is 11.0. The molecule has 2 nitrogen and oxygen atoms in total. The molecule has 0 radical (unpaired) electrons. The fourth-order valence-electron chi connectivity index (χ4n) is 2.36. The molecule has 2 aromatic rings. The van der Waals surface area contributed by atoms with E-state index in [9.17, 15) is 4.39 Å². The molecule has 19 heavy (non-hydrogen) atoms. The van der Waals surface area contributed by atoms with Crippen molar-refractivity contribution in [1.29, 1.82) is 0 Å². The second-order valence-corrected chi connectivity index (χ2v) is 5.02. The van der Waals surface area contributed by atoms with E-state index in [1.54, 1.807) is 12.1 Å². The predicted molar refractivity (Wildman–Crippen MR) is 77.4 cm³/mol. The fourth-order valence-corrected chi connectivity index (χ4v) is 2.48. The lowest BCUT2D eigenvalue weighted by Gasteiger charge is -2.11. The van der Waals surface area contributed by atoms with Crippen LogP contribution in [0.5, 0.6) is 0 Å². The quantitative estimate of drug-likeness (QED) is 0.883. The van der Waals surface area contributed by atoms with E-state index < -0.39 is 5.82 Å². The third-order valence-electron chi connectivity index (χ3n) is 3.34. The van der Waals surface area contributed by atoms with Gasteiger partial charge in [-0.2, -0.15) is 0 Å². The SMILES string of the molecule is Fc1cc(NCc2cccc3c2NCC3)ccc1Cl. The van der Waals surface area contributed by atoms with Gasteiger partial charge in [-0.3, -0.25) is 0 Å². The highest BCUT2D eigenvalue weighted by Gasteiger charge is 2.13. The molecule has 1 aliphatic heterocycles. The van der Waals surface area contributed by atoms with Gasteiger partial charge in [0.25, 0.3) is 0 Å². The number of para-hydroxylation sites is 1. The second kappa shape index (κ2) is 5.10. The Morgan fingerprint density at radius 1 is 1.26 bits per heavy atom. The van der Waals surface area contributed by atoms with Gasteiger partial charge in [-0.1, -0.05) is 29.8 Å². The molecule has 0 bridgehead atoms. The largest absolute Gasteiger partial charge is 0.384 e. The average molecular weight is 277 g/mol. The van der Waals surface area contributed by atoms with Gasteiger partial charge >= 0.3 is 0 Å². The number of rotatable bonds is 3. The molecule has 3 rings (SSSR count). The molecule has 98 valence electrons.